The van der Waals surface area contributed by atoms with Crippen molar-refractivity contribution in [2.24, 2.45) is 0 Å². The summed E-state index contributed by atoms with van der Waals surface area (Å²) in [5.41, 5.74) is 0.540. The van der Waals surface area contributed by atoms with Gasteiger partial charge in [0.15, 0.2) is 11.5 Å². The molecule has 2 aromatic rings. The lowest BCUT2D eigenvalue weighted by Crippen LogP contribution is -2.32. The van der Waals surface area contributed by atoms with Crippen LogP contribution in [0.15, 0.2) is 30.6 Å². The fourth-order valence-corrected chi connectivity index (χ4v) is 3.08. The third-order valence-corrected chi connectivity index (χ3v) is 4.45. The maximum absolute atomic E-state index is 12.1. The van der Waals surface area contributed by atoms with Gasteiger partial charge < -0.3 is 30.3 Å². The number of carbonyl (C=O) groups excluding carboxylic acids is 1. The van der Waals surface area contributed by atoms with E-state index < -0.39 is 0 Å². The number of amides is 2. The topological polar surface area (TPSA) is 101 Å². The van der Waals surface area contributed by atoms with Gasteiger partial charge in [0.2, 0.25) is 0 Å². The first-order chi connectivity index (χ1) is 13.7. The molecule has 1 aromatic carbocycles. The van der Waals surface area contributed by atoms with E-state index in [1.165, 1.54) is 20.0 Å². The van der Waals surface area contributed by atoms with Gasteiger partial charge in [-0.05, 0) is 25.0 Å². The van der Waals surface area contributed by atoms with Gasteiger partial charge in [0.25, 0.3) is 0 Å². The largest absolute Gasteiger partial charge is 0.493 e. The first-order valence-electron chi connectivity index (χ1n) is 9.28. The van der Waals surface area contributed by atoms with Crippen LogP contribution in [-0.4, -0.2) is 56.4 Å². The van der Waals surface area contributed by atoms with E-state index in [1.54, 1.807) is 31.6 Å². The summed E-state index contributed by atoms with van der Waals surface area (Å²) in [5.74, 6) is 2.72. The molecule has 1 aliphatic rings. The molecule has 9 nitrogen and oxygen atoms in total. The Kier molecular flexibility index (Phi) is 6.72. The number of para-hydroxylation sites is 1. The van der Waals surface area contributed by atoms with Crippen molar-refractivity contribution in [3.05, 3.63) is 30.6 Å². The molecule has 0 radical (unpaired) electrons. The predicted octanol–water partition coefficient (Wildman–Crippen LogP) is 2.33. The fourth-order valence-electron chi connectivity index (χ4n) is 3.08. The molecular weight excluding hydrogens is 360 g/mol. The van der Waals surface area contributed by atoms with E-state index in [0.29, 0.717) is 30.3 Å². The molecule has 1 fully saturated rings. The van der Waals surface area contributed by atoms with Crippen LogP contribution < -0.4 is 30.3 Å². The summed E-state index contributed by atoms with van der Waals surface area (Å²) in [5, 5.41) is 8.77. The zero-order valence-electron chi connectivity index (χ0n) is 16.2. The third kappa shape index (κ3) is 4.93. The molecule has 28 heavy (non-hydrogen) atoms. The summed E-state index contributed by atoms with van der Waals surface area (Å²) in [4.78, 5) is 22.9. The molecule has 0 unspecified atom stereocenters. The summed E-state index contributed by atoms with van der Waals surface area (Å²) in [6, 6.07) is 6.91. The van der Waals surface area contributed by atoms with E-state index in [9.17, 15) is 4.79 Å². The summed E-state index contributed by atoms with van der Waals surface area (Å²) < 4.78 is 10.5. The lowest BCUT2D eigenvalue weighted by molar-refractivity contribution is 0.252. The van der Waals surface area contributed by atoms with Gasteiger partial charge in [0.05, 0.1) is 19.9 Å². The van der Waals surface area contributed by atoms with Crippen molar-refractivity contribution in [2.45, 2.75) is 12.8 Å². The highest BCUT2D eigenvalue weighted by molar-refractivity contribution is 5.91. The molecule has 0 saturated carbocycles. The molecule has 0 bridgehead atoms. The highest BCUT2D eigenvalue weighted by Crippen LogP contribution is 2.34. The molecule has 0 atom stereocenters. The molecule has 3 rings (SSSR count). The third-order valence-electron chi connectivity index (χ3n) is 4.45. The van der Waals surface area contributed by atoms with E-state index >= 15 is 0 Å². The second-order valence-electron chi connectivity index (χ2n) is 6.30. The van der Waals surface area contributed by atoms with E-state index in [1.807, 2.05) is 6.07 Å². The van der Waals surface area contributed by atoms with Crippen molar-refractivity contribution >= 4 is 23.4 Å². The number of anilines is 3. The SMILES string of the molecule is COc1cccc(NC(=O)NCCNc2cc(N3CCCC3)ncn2)c1OC. The van der Waals surface area contributed by atoms with Crippen molar-refractivity contribution in [1.82, 2.24) is 15.3 Å². The minimum Gasteiger partial charge on any atom is -0.493 e. The summed E-state index contributed by atoms with van der Waals surface area (Å²) in [6.07, 6.45) is 3.96. The highest BCUT2D eigenvalue weighted by Gasteiger charge is 2.14. The average molecular weight is 386 g/mol. The van der Waals surface area contributed by atoms with Crippen molar-refractivity contribution < 1.29 is 14.3 Å². The Bertz CT molecular complexity index is 795. The standard InChI is InChI=1S/C19H26N6O3/c1-27-15-7-5-6-14(18(15)28-2)24-19(26)21-9-8-20-16-12-17(23-13-22-16)25-10-3-4-11-25/h5-7,12-13H,3-4,8-11H2,1-2H3,(H,20,22,23)(H2,21,24,26). The van der Waals surface area contributed by atoms with Crippen LogP contribution in [0.3, 0.4) is 0 Å². The normalized spacial score (nSPS) is 13.1. The van der Waals surface area contributed by atoms with Crippen LogP contribution in [0.2, 0.25) is 0 Å². The van der Waals surface area contributed by atoms with Gasteiger partial charge in [0.1, 0.15) is 18.0 Å². The van der Waals surface area contributed by atoms with Gasteiger partial charge in [-0.15, -0.1) is 0 Å². The van der Waals surface area contributed by atoms with Gasteiger partial charge in [0, 0.05) is 32.2 Å². The van der Waals surface area contributed by atoms with Crippen molar-refractivity contribution in [1.29, 1.82) is 0 Å². The number of hydrogen-bond acceptors (Lipinski definition) is 7. The smallest absolute Gasteiger partial charge is 0.319 e. The van der Waals surface area contributed by atoms with Crippen LogP contribution in [-0.2, 0) is 0 Å². The monoisotopic (exact) mass is 386 g/mol. The second-order valence-corrected chi connectivity index (χ2v) is 6.30. The molecule has 2 heterocycles. The Balaban J connectivity index is 1.45. The van der Waals surface area contributed by atoms with Gasteiger partial charge in [-0.1, -0.05) is 6.07 Å². The Morgan fingerprint density at radius 2 is 1.96 bits per heavy atom. The molecule has 9 heteroatoms. The number of hydrogen-bond donors (Lipinski definition) is 3. The summed E-state index contributed by atoms with van der Waals surface area (Å²) in [7, 11) is 3.08. The first-order valence-corrected chi connectivity index (χ1v) is 9.28. The zero-order valence-corrected chi connectivity index (χ0v) is 16.2. The van der Waals surface area contributed by atoms with E-state index in [2.05, 4.69) is 30.8 Å². The number of aromatic nitrogens is 2. The van der Waals surface area contributed by atoms with Crippen LogP contribution in [0.5, 0.6) is 11.5 Å². The molecular formula is C19H26N6O3. The molecule has 1 aliphatic heterocycles. The van der Waals surface area contributed by atoms with Crippen LogP contribution in [0.25, 0.3) is 0 Å². The lowest BCUT2D eigenvalue weighted by atomic mass is 10.2. The number of nitrogens with zero attached hydrogens (tertiary/aromatic N) is 3. The van der Waals surface area contributed by atoms with Crippen LogP contribution >= 0.6 is 0 Å². The molecule has 2 amide bonds. The quantitative estimate of drug-likeness (QED) is 0.599. The molecule has 150 valence electrons. The lowest BCUT2D eigenvalue weighted by Gasteiger charge is -2.17. The highest BCUT2D eigenvalue weighted by atomic mass is 16.5. The molecule has 1 aromatic heterocycles. The first kappa shape index (κ1) is 19.5. The number of methoxy groups -OCH3 is 2. The van der Waals surface area contributed by atoms with E-state index in [-0.39, 0.29) is 6.03 Å². The van der Waals surface area contributed by atoms with Gasteiger partial charge >= 0.3 is 6.03 Å². The number of carbonyl (C=O) groups is 1. The minimum absolute atomic E-state index is 0.325. The summed E-state index contributed by atoms with van der Waals surface area (Å²) >= 11 is 0. The molecule has 0 spiro atoms. The van der Waals surface area contributed by atoms with Crippen molar-refractivity contribution in [3.63, 3.8) is 0 Å². The Labute approximate surface area is 164 Å². The van der Waals surface area contributed by atoms with E-state index in [4.69, 9.17) is 9.47 Å². The number of benzene rings is 1. The van der Waals surface area contributed by atoms with Crippen molar-refractivity contribution in [2.75, 3.05) is 55.9 Å². The van der Waals surface area contributed by atoms with Crippen LogP contribution in [0, 0.1) is 0 Å². The number of ether oxygens (including phenoxy) is 2. The molecule has 3 N–H and O–H groups in total. The fraction of sp³-hybridized carbons (Fsp3) is 0.421. The van der Waals surface area contributed by atoms with Crippen LogP contribution in [0.1, 0.15) is 12.8 Å². The maximum Gasteiger partial charge on any atom is 0.319 e. The Morgan fingerprint density at radius 1 is 1.14 bits per heavy atom. The number of urea groups is 1. The maximum atomic E-state index is 12.1. The average Bonchev–Trinajstić information content (AvgIpc) is 3.26. The van der Waals surface area contributed by atoms with Crippen molar-refractivity contribution in [3.8, 4) is 11.5 Å². The number of rotatable bonds is 8. The van der Waals surface area contributed by atoms with Gasteiger partial charge in [-0.25, -0.2) is 14.8 Å². The Hall–Kier alpha value is -3.23. The van der Waals surface area contributed by atoms with Gasteiger partial charge in [-0.2, -0.15) is 0 Å². The molecule has 1 saturated heterocycles. The second kappa shape index (κ2) is 9.63. The Morgan fingerprint density at radius 3 is 2.71 bits per heavy atom. The predicted molar refractivity (Wildman–Crippen MR) is 109 cm³/mol. The summed E-state index contributed by atoms with van der Waals surface area (Å²) in [6.45, 7) is 3.04. The molecule has 0 aliphatic carbocycles. The van der Waals surface area contributed by atoms with E-state index in [0.717, 1.165) is 24.7 Å². The zero-order chi connectivity index (χ0) is 19.8. The van der Waals surface area contributed by atoms with Gasteiger partial charge in [-0.3, -0.25) is 0 Å². The van der Waals surface area contributed by atoms with Crippen LogP contribution in [0.4, 0.5) is 22.1 Å². The minimum atomic E-state index is -0.325. The number of nitrogens with one attached hydrogen (secondary N) is 3.